The summed E-state index contributed by atoms with van der Waals surface area (Å²) in [4.78, 5) is 24.9. The molecule has 7 heteroatoms. The minimum atomic E-state index is -0.955. The zero-order chi connectivity index (χ0) is 21.1. The van der Waals surface area contributed by atoms with Crippen molar-refractivity contribution in [3.63, 3.8) is 0 Å². The van der Waals surface area contributed by atoms with Gasteiger partial charge < -0.3 is 23.7 Å². The molecule has 30 heavy (non-hydrogen) atoms. The maximum Gasteiger partial charge on any atom is 0.338 e. The van der Waals surface area contributed by atoms with Crippen LogP contribution < -0.4 is 0 Å². The number of ether oxygens (including phenoxy) is 5. The molecule has 0 unspecified atom stereocenters. The molecule has 0 bridgehead atoms. The van der Waals surface area contributed by atoms with Gasteiger partial charge in [-0.3, -0.25) is 4.79 Å². The van der Waals surface area contributed by atoms with Crippen molar-refractivity contribution in [1.82, 2.24) is 0 Å². The number of carbonyl (C=O) groups excluding carboxylic acids is 2. The smallest absolute Gasteiger partial charge is 0.338 e. The highest BCUT2D eigenvalue weighted by molar-refractivity contribution is 5.92. The molecular weight excluding hydrogens is 388 g/mol. The third kappa shape index (κ3) is 4.60. The van der Waals surface area contributed by atoms with Crippen molar-refractivity contribution in [2.24, 2.45) is 0 Å². The Bertz CT molecular complexity index is 881. The van der Waals surface area contributed by atoms with Crippen molar-refractivity contribution in [3.05, 3.63) is 71.8 Å². The molecule has 2 aliphatic heterocycles. The number of ketones is 1. The molecule has 2 aromatic rings. The molecule has 4 rings (SSSR count). The number of hydrogen-bond donors (Lipinski definition) is 0. The van der Waals surface area contributed by atoms with Crippen LogP contribution in [0.1, 0.15) is 29.8 Å². The van der Waals surface area contributed by atoms with Gasteiger partial charge in [-0.05, 0) is 31.5 Å². The molecule has 0 aromatic heterocycles. The first-order valence-electron chi connectivity index (χ1n) is 9.84. The summed E-state index contributed by atoms with van der Waals surface area (Å²) < 4.78 is 28.7. The van der Waals surface area contributed by atoms with Gasteiger partial charge in [-0.1, -0.05) is 48.5 Å². The molecule has 2 saturated heterocycles. The second kappa shape index (κ2) is 8.65. The van der Waals surface area contributed by atoms with Gasteiger partial charge in [0.1, 0.15) is 12.2 Å². The molecule has 0 saturated carbocycles. The van der Waals surface area contributed by atoms with E-state index in [0.29, 0.717) is 5.56 Å². The Kier molecular flexibility index (Phi) is 5.97. The molecular formula is C23H24O7. The zero-order valence-corrected chi connectivity index (χ0v) is 16.9. The van der Waals surface area contributed by atoms with Gasteiger partial charge in [-0.15, -0.1) is 0 Å². The largest absolute Gasteiger partial charge is 0.454 e. The van der Waals surface area contributed by atoms with Gasteiger partial charge in [-0.25, -0.2) is 4.79 Å². The van der Waals surface area contributed by atoms with Gasteiger partial charge >= 0.3 is 5.97 Å². The van der Waals surface area contributed by atoms with Crippen molar-refractivity contribution in [2.45, 2.75) is 50.8 Å². The van der Waals surface area contributed by atoms with E-state index in [4.69, 9.17) is 23.7 Å². The third-order valence-corrected chi connectivity index (χ3v) is 4.95. The molecule has 158 valence electrons. The SMILES string of the molecule is CC1(C)O[C@H]2O[C@H](C(=O)COC(=O)c3ccccc3)[C@H](OCc3ccccc3)[C@H]2O1. The van der Waals surface area contributed by atoms with Crippen LogP contribution in [-0.4, -0.2) is 48.7 Å². The highest BCUT2D eigenvalue weighted by Crippen LogP contribution is 2.39. The van der Waals surface area contributed by atoms with Gasteiger partial charge in [0.15, 0.2) is 24.8 Å². The van der Waals surface area contributed by atoms with E-state index in [-0.39, 0.29) is 6.61 Å². The first kappa shape index (κ1) is 20.7. The molecule has 4 atom stereocenters. The van der Waals surface area contributed by atoms with Crippen molar-refractivity contribution in [2.75, 3.05) is 6.61 Å². The van der Waals surface area contributed by atoms with Crippen molar-refractivity contribution in [3.8, 4) is 0 Å². The Morgan fingerprint density at radius 1 is 0.967 bits per heavy atom. The van der Waals surface area contributed by atoms with Crippen LogP contribution in [0, 0.1) is 0 Å². The highest BCUT2D eigenvalue weighted by atomic mass is 16.8. The van der Waals surface area contributed by atoms with Crippen molar-refractivity contribution < 1.29 is 33.3 Å². The number of esters is 1. The predicted octanol–water partition coefficient (Wildman–Crippen LogP) is 2.87. The lowest BCUT2D eigenvalue weighted by Crippen LogP contribution is -2.42. The van der Waals surface area contributed by atoms with E-state index in [1.54, 1.807) is 44.2 Å². The number of hydrogen-bond acceptors (Lipinski definition) is 7. The van der Waals surface area contributed by atoms with E-state index in [1.807, 2.05) is 30.3 Å². The summed E-state index contributed by atoms with van der Waals surface area (Å²) in [7, 11) is 0. The van der Waals surface area contributed by atoms with Crippen LogP contribution in [-0.2, 0) is 35.1 Å². The Morgan fingerprint density at radius 3 is 2.33 bits per heavy atom. The average Bonchev–Trinajstić information content (AvgIpc) is 3.23. The van der Waals surface area contributed by atoms with E-state index < -0.39 is 48.7 Å². The maximum absolute atomic E-state index is 12.8. The fraction of sp³-hybridized carbons (Fsp3) is 0.391. The normalized spacial score (nSPS) is 26.9. The van der Waals surface area contributed by atoms with Gasteiger partial charge in [0.05, 0.1) is 12.2 Å². The van der Waals surface area contributed by atoms with Gasteiger partial charge in [0.2, 0.25) is 5.78 Å². The van der Waals surface area contributed by atoms with Crippen LogP contribution in [0.3, 0.4) is 0 Å². The number of rotatable bonds is 7. The number of Topliss-reactive ketones (excluding diaryl/α,β-unsaturated/α-hetero) is 1. The van der Waals surface area contributed by atoms with Crippen molar-refractivity contribution in [1.29, 1.82) is 0 Å². The van der Waals surface area contributed by atoms with Gasteiger partial charge in [0, 0.05) is 0 Å². The molecule has 2 aromatic carbocycles. The summed E-state index contributed by atoms with van der Waals surface area (Å²) in [6.45, 7) is 3.42. The quantitative estimate of drug-likeness (QED) is 0.647. The average molecular weight is 412 g/mol. The van der Waals surface area contributed by atoms with Crippen LogP contribution in [0.2, 0.25) is 0 Å². The lowest BCUT2D eigenvalue weighted by molar-refractivity contribution is -0.218. The predicted molar refractivity (Wildman–Crippen MR) is 105 cm³/mol. The fourth-order valence-electron chi connectivity index (χ4n) is 3.56. The monoisotopic (exact) mass is 412 g/mol. The molecule has 0 spiro atoms. The third-order valence-electron chi connectivity index (χ3n) is 4.95. The molecule has 0 radical (unpaired) electrons. The summed E-state index contributed by atoms with van der Waals surface area (Å²) in [6.07, 6.45) is -2.91. The lowest BCUT2D eigenvalue weighted by Gasteiger charge is -2.25. The molecule has 0 aliphatic carbocycles. The van der Waals surface area contributed by atoms with Crippen LogP contribution in [0.25, 0.3) is 0 Å². The minimum absolute atomic E-state index is 0.287. The minimum Gasteiger partial charge on any atom is -0.454 e. The maximum atomic E-state index is 12.8. The molecule has 0 amide bonds. The summed E-state index contributed by atoms with van der Waals surface area (Å²) >= 11 is 0. The molecule has 2 heterocycles. The summed E-state index contributed by atoms with van der Waals surface area (Å²) in [5, 5.41) is 0. The van der Waals surface area contributed by atoms with Crippen molar-refractivity contribution >= 4 is 11.8 Å². The Balaban J connectivity index is 1.42. The molecule has 2 aliphatic rings. The Labute approximate surface area is 174 Å². The summed E-state index contributed by atoms with van der Waals surface area (Å²) in [6, 6.07) is 18.1. The highest BCUT2D eigenvalue weighted by Gasteiger charge is 2.57. The zero-order valence-electron chi connectivity index (χ0n) is 16.9. The Morgan fingerprint density at radius 2 is 1.63 bits per heavy atom. The van der Waals surface area contributed by atoms with E-state index in [2.05, 4.69) is 0 Å². The van der Waals surface area contributed by atoms with Crippen LogP contribution in [0.4, 0.5) is 0 Å². The van der Waals surface area contributed by atoms with Crippen LogP contribution in [0.15, 0.2) is 60.7 Å². The van der Waals surface area contributed by atoms with Gasteiger partial charge in [-0.2, -0.15) is 0 Å². The van der Waals surface area contributed by atoms with E-state index in [0.717, 1.165) is 5.56 Å². The number of carbonyl (C=O) groups is 2. The molecule has 7 nitrogen and oxygen atoms in total. The number of fused-ring (bicyclic) bond motifs is 1. The summed E-state index contributed by atoms with van der Waals surface area (Å²) in [5.41, 5.74) is 1.33. The van der Waals surface area contributed by atoms with E-state index >= 15 is 0 Å². The molecule has 0 N–H and O–H groups in total. The van der Waals surface area contributed by atoms with Crippen LogP contribution >= 0.6 is 0 Å². The Hall–Kier alpha value is -2.58. The lowest BCUT2D eigenvalue weighted by atomic mass is 10.1. The first-order chi connectivity index (χ1) is 14.4. The topological polar surface area (TPSA) is 80.3 Å². The van der Waals surface area contributed by atoms with E-state index in [1.165, 1.54) is 0 Å². The van der Waals surface area contributed by atoms with E-state index in [9.17, 15) is 9.59 Å². The molecule has 2 fully saturated rings. The standard InChI is InChI=1S/C23H24O7/c1-23(2)29-20-19(26-13-15-9-5-3-6-10-15)18(28-22(20)30-23)17(24)14-27-21(25)16-11-7-4-8-12-16/h3-12,18-20,22H,13-14H2,1-2H3/t18-,19+,20-,22-/m1/s1. The second-order valence-corrected chi connectivity index (χ2v) is 7.69. The van der Waals surface area contributed by atoms with Crippen LogP contribution in [0.5, 0.6) is 0 Å². The first-order valence-corrected chi connectivity index (χ1v) is 9.84. The number of benzene rings is 2. The second-order valence-electron chi connectivity index (χ2n) is 7.69. The summed E-state index contributed by atoms with van der Waals surface area (Å²) in [5.74, 6) is -1.81. The van der Waals surface area contributed by atoms with Gasteiger partial charge in [0.25, 0.3) is 0 Å². The fourth-order valence-corrected chi connectivity index (χ4v) is 3.56.